The van der Waals surface area contributed by atoms with Gasteiger partial charge in [0.05, 0.1) is 4.90 Å². The number of aryl methyl sites for hydroxylation is 1. The summed E-state index contributed by atoms with van der Waals surface area (Å²) in [6, 6.07) is 4.13. The molecule has 1 aromatic rings. The Labute approximate surface area is 100 Å². The number of rotatable bonds is 5. The quantitative estimate of drug-likeness (QED) is 0.633. The van der Waals surface area contributed by atoms with Gasteiger partial charge >= 0.3 is 0 Å². The minimum absolute atomic E-state index is 0.342. The molecule has 1 heterocycles. The van der Waals surface area contributed by atoms with Crippen LogP contribution in [-0.2, 0) is 6.42 Å². The highest BCUT2D eigenvalue weighted by Gasteiger charge is 2.19. The van der Waals surface area contributed by atoms with Gasteiger partial charge < -0.3 is 15.2 Å². The molecule has 0 amide bonds. The van der Waals surface area contributed by atoms with Crippen LogP contribution in [0.3, 0.4) is 0 Å². The Morgan fingerprint density at radius 2 is 2.19 bits per heavy atom. The topological polar surface area (TPSA) is 44.5 Å². The molecule has 4 heteroatoms. The van der Waals surface area contributed by atoms with Crippen LogP contribution in [0.15, 0.2) is 17.0 Å². The maximum atomic E-state index is 5.50. The van der Waals surface area contributed by atoms with Gasteiger partial charge in [-0.25, -0.2) is 0 Å². The van der Waals surface area contributed by atoms with Crippen molar-refractivity contribution in [3.63, 3.8) is 0 Å². The molecule has 2 N–H and O–H groups in total. The number of nitrogens with two attached hydrogens (primary N) is 1. The standard InChI is InChI=1S/C12H17NO2S/c1-16-12-9(4-2-3-7-13)5-6-10-11(12)15-8-14-10/h5-6H,2-4,7-8,13H2,1H3. The van der Waals surface area contributed by atoms with Crippen LogP contribution >= 0.6 is 11.8 Å². The SMILES string of the molecule is CSc1c(CCCCN)ccc2c1OCO2. The van der Waals surface area contributed by atoms with E-state index in [4.69, 9.17) is 15.2 Å². The molecule has 1 aliphatic heterocycles. The molecule has 0 atom stereocenters. The second-order valence-electron chi connectivity index (χ2n) is 3.74. The van der Waals surface area contributed by atoms with Crippen molar-refractivity contribution in [1.29, 1.82) is 0 Å². The van der Waals surface area contributed by atoms with Crippen LogP contribution in [0.25, 0.3) is 0 Å². The summed E-state index contributed by atoms with van der Waals surface area (Å²) in [4.78, 5) is 1.21. The minimum atomic E-state index is 0.342. The third-order valence-corrected chi connectivity index (χ3v) is 3.54. The zero-order valence-corrected chi connectivity index (χ0v) is 10.3. The summed E-state index contributed by atoms with van der Waals surface area (Å²) >= 11 is 1.72. The van der Waals surface area contributed by atoms with E-state index >= 15 is 0 Å². The summed E-state index contributed by atoms with van der Waals surface area (Å²) < 4.78 is 10.9. The maximum Gasteiger partial charge on any atom is 0.231 e. The van der Waals surface area contributed by atoms with Crippen LogP contribution < -0.4 is 15.2 Å². The smallest absolute Gasteiger partial charge is 0.231 e. The van der Waals surface area contributed by atoms with E-state index in [9.17, 15) is 0 Å². The van der Waals surface area contributed by atoms with E-state index in [1.165, 1.54) is 10.5 Å². The fourth-order valence-corrected chi connectivity index (χ4v) is 2.65. The maximum absolute atomic E-state index is 5.50. The predicted octanol–water partition coefficient (Wildman–Crippen LogP) is 2.42. The zero-order valence-electron chi connectivity index (χ0n) is 9.49. The van der Waals surface area contributed by atoms with Crippen molar-refractivity contribution < 1.29 is 9.47 Å². The van der Waals surface area contributed by atoms with Gasteiger partial charge in [0, 0.05) is 0 Å². The van der Waals surface area contributed by atoms with Crippen molar-refractivity contribution in [2.24, 2.45) is 5.73 Å². The van der Waals surface area contributed by atoms with Crippen molar-refractivity contribution >= 4 is 11.8 Å². The highest BCUT2D eigenvalue weighted by molar-refractivity contribution is 7.98. The van der Waals surface area contributed by atoms with Crippen molar-refractivity contribution in [2.75, 3.05) is 19.6 Å². The Balaban J connectivity index is 2.18. The molecule has 0 saturated carbocycles. The number of ether oxygens (including phenoxy) is 2. The first kappa shape index (κ1) is 11.6. The Morgan fingerprint density at radius 3 is 2.94 bits per heavy atom. The molecule has 0 radical (unpaired) electrons. The second-order valence-corrected chi connectivity index (χ2v) is 4.55. The summed E-state index contributed by atoms with van der Waals surface area (Å²) in [5.41, 5.74) is 6.84. The molecular weight excluding hydrogens is 222 g/mol. The molecule has 1 aliphatic rings. The summed E-state index contributed by atoms with van der Waals surface area (Å²) in [7, 11) is 0. The van der Waals surface area contributed by atoms with Crippen LogP contribution in [0.2, 0.25) is 0 Å². The van der Waals surface area contributed by atoms with E-state index in [1.54, 1.807) is 11.8 Å². The number of hydrogen-bond donors (Lipinski definition) is 1. The molecule has 0 aromatic heterocycles. The molecular formula is C12H17NO2S. The third kappa shape index (κ3) is 2.28. The lowest BCUT2D eigenvalue weighted by Crippen LogP contribution is -1.99. The Bertz CT molecular complexity index is 368. The molecule has 0 spiro atoms. The highest BCUT2D eigenvalue weighted by atomic mass is 32.2. The molecule has 3 nitrogen and oxygen atoms in total. The molecule has 0 bridgehead atoms. The van der Waals surface area contributed by atoms with E-state index in [1.807, 2.05) is 6.07 Å². The molecule has 2 rings (SSSR count). The Hall–Kier alpha value is -0.870. The normalized spacial score (nSPS) is 13.1. The second kappa shape index (κ2) is 5.46. The van der Waals surface area contributed by atoms with E-state index in [2.05, 4.69) is 12.3 Å². The average molecular weight is 239 g/mol. The summed E-state index contributed by atoms with van der Waals surface area (Å²) in [5, 5.41) is 0. The molecule has 1 aromatic carbocycles. The molecule has 0 unspecified atom stereocenters. The minimum Gasteiger partial charge on any atom is -0.454 e. The lowest BCUT2D eigenvalue weighted by Gasteiger charge is -2.09. The predicted molar refractivity (Wildman–Crippen MR) is 66.3 cm³/mol. The van der Waals surface area contributed by atoms with Gasteiger partial charge in [0.1, 0.15) is 0 Å². The van der Waals surface area contributed by atoms with Crippen molar-refractivity contribution in [3.8, 4) is 11.5 Å². The van der Waals surface area contributed by atoms with E-state index in [-0.39, 0.29) is 0 Å². The first-order chi connectivity index (χ1) is 7.86. The zero-order chi connectivity index (χ0) is 11.4. The molecule has 0 fully saturated rings. The number of fused-ring (bicyclic) bond motifs is 1. The van der Waals surface area contributed by atoms with E-state index in [0.717, 1.165) is 37.3 Å². The van der Waals surface area contributed by atoms with Crippen LogP contribution in [0.5, 0.6) is 11.5 Å². The van der Waals surface area contributed by atoms with E-state index < -0.39 is 0 Å². The Morgan fingerprint density at radius 1 is 1.31 bits per heavy atom. The lowest BCUT2D eigenvalue weighted by atomic mass is 10.1. The fraction of sp³-hybridized carbons (Fsp3) is 0.500. The van der Waals surface area contributed by atoms with Crippen LogP contribution in [-0.4, -0.2) is 19.6 Å². The van der Waals surface area contributed by atoms with Crippen molar-refractivity contribution in [3.05, 3.63) is 17.7 Å². The average Bonchev–Trinajstić information content (AvgIpc) is 2.77. The van der Waals surface area contributed by atoms with Gasteiger partial charge in [0.2, 0.25) is 6.79 Å². The molecule has 0 saturated heterocycles. The fourth-order valence-electron chi connectivity index (χ4n) is 1.87. The first-order valence-corrected chi connectivity index (χ1v) is 6.75. The van der Waals surface area contributed by atoms with Crippen molar-refractivity contribution in [2.45, 2.75) is 24.2 Å². The van der Waals surface area contributed by atoms with Crippen molar-refractivity contribution in [1.82, 2.24) is 0 Å². The van der Waals surface area contributed by atoms with Crippen LogP contribution in [0.4, 0.5) is 0 Å². The van der Waals surface area contributed by atoms with Gasteiger partial charge in [-0.15, -0.1) is 11.8 Å². The van der Waals surface area contributed by atoms with Gasteiger partial charge in [-0.1, -0.05) is 6.07 Å². The van der Waals surface area contributed by atoms with Gasteiger partial charge in [0.15, 0.2) is 11.5 Å². The third-order valence-electron chi connectivity index (χ3n) is 2.68. The number of thioether (sulfide) groups is 1. The van der Waals surface area contributed by atoms with Gasteiger partial charge in [-0.2, -0.15) is 0 Å². The summed E-state index contributed by atoms with van der Waals surface area (Å²) in [6.07, 6.45) is 5.33. The Kier molecular flexibility index (Phi) is 3.96. The van der Waals surface area contributed by atoms with Crippen LogP contribution in [0, 0.1) is 0 Å². The number of unbranched alkanes of at least 4 members (excludes halogenated alkanes) is 1. The van der Waals surface area contributed by atoms with Gasteiger partial charge in [-0.05, 0) is 43.7 Å². The highest BCUT2D eigenvalue weighted by Crippen LogP contribution is 2.42. The molecule has 16 heavy (non-hydrogen) atoms. The van der Waals surface area contributed by atoms with Crippen LogP contribution in [0.1, 0.15) is 18.4 Å². The summed E-state index contributed by atoms with van der Waals surface area (Å²) in [5.74, 6) is 1.78. The molecule has 0 aliphatic carbocycles. The van der Waals surface area contributed by atoms with Gasteiger partial charge in [0.25, 0.3) is 0 Å². The number of benzene rings is 1. The first-order valence-electron chi connectivity index (χ1n) is 5.52. The number of hydrogen-bond acceptors (Lipinski definition) is 4. The summed E-state index contributed by atoms with van der Waals surface area (Å²) in [6.45, 7) is 1.11. The molecule has 88 valence electrons. The van der Waals surface area contributed by atoms with Gasteiger partial charge in [-0.3, -0.25) is 0 Å². The van der Waals surface area contributed by atoms with E-state index in [0.29, 0.717) is 6.79 Å². The lowest BCUT2D eigenvalue weighted by molar-refractivity contribution is 0.172. The largest absolute Gasteiger partial charge is 0.454 e. The monoisotopic (exact) mass is 239 g/mol.